The first-order valence-corrected chi connectivity index (χ1v) is 7.28. The van der Waals surface area contributed by atoms with E-state index in [9.17, 15) is 9.59 Å². The molecule has 2 aliphatic heterocycles. The molecule has 0 spiro atoms. The number of likely N-dealkylation sites (tertiary alicyclic amines) is 1. The van der Waals surface area contributed by atoms with Crippen LogP contribution in [0.3, 0.4) is 0 Å². The van der Waals surface area contributed by atoms with Crippen molar-refractivity contribution in [2.24, 2.45) is 11.7 Å². The number of urea groups is 1. The van der Waals surface area contributed by atoms with Crippen molar-refractivity contribution >= 4 is 12.0 Å². The average Bonchev–Trinajstić information content (AvgIpc) is 2.78. The SMILES string of the molecule is NCC1CCN(C(=O)N2CCCN(CC(=O)O)CC2)C1. The highest BCUT2D eigenvalue weighted by atomic mass is 16.4. The van der Waals surface area contributed by atoms with E-state index in [1.165, 1.54) is 0 Å². The molecular formula is C13H24N4O3. The predicted molar refractivity (Wildman–Crippen MR) is 74.4 cm³/mol. The Morgan fingerprint density at radius 1 is 1.10 bits per heavy atom. The van der Waals surface area contributed by atoms with Gasteiger partial charge in [-0.15, -0.1) is 0 Å². The number of nitrogens with two attached hydrogens (primary N) is 1. The van der Waals surface area contributed by atoms with Gasteiger partial charge in [0.25, 0.3) is 0 Å². The second-order valence-electron chi connectivity index (χ2n) is 5.63. The van der Waals surface area contributed by atoms with Crippen molar-refractivity contribution in [3.8, 4) is 0 Å². The zero-order valence-electron chi connectivity index (χ0n) is 11.8. The van der Waals surface area contributed by atoms with Crippen molar-refractivity contribution in [1.82, 2.24) is 14.7 Å². The highest BCUT2D eigenvalue weighted by Gasteiger charge is 2.29. The van der Waals surface area contributed by atoms with Gasteiger partial charge in [-0.2, -0.15) is 0 Å². The number of carbonyl (C=O) groups excluding carboxylic acids is 1. The summed E-state index contributed by atoms with van der Waals surface area (Å²) in [7, 11) is 0. The first-order valence-electron chi connectivity index (χ1n) is 7.28. The molecule has 1 unspecified atom stereocenters. The quantitative estimate of drug-likeness (QED) is 0.728. The van der Waals surface area contributed by atoms with Crippen molar-refractivity contribution < 1.29 is 14.7 Å². The Labute approximate surface area is 119 Å². The van der Waals surface area contributed by atoms with Crippen LogP contribution in [-0.4, -0.2) is 84.2 Å². The van der Waals surface area contributed by atoms with E-state index in [4.69, 9.17) is 10.8 Å². The van der Waals surface area contributed by atoms with Crippen molar-refractivity contribution in [2.75, 3.05) is 52.4 Å². The third kappa shape index (κ3) is 3.83. The summed E-state index contributed by atoms with van der Waals surface area (Å²) in [5.74, 6) is -0.385. The maximum Gasteiger partial charge on any atom is 0.320 e. The van der Waals surface area contributed by atoms with E-state index in [0.29, 0.717) is 32.1 Å². The topological polar surface area (TPSA) is 90.1 Å². The molecule has 7 nitrogen and oxygen atoms in total. The summed E-state index contributed by atoms with van der Waals surface area (Å²) >= 11 is 0. The number of carboxylic acid groups (broad SMARTS) is 1. The van der Waals surface area contributed by atoms with Gasteiger partial charge in [0.1, 0.15) is 0 Å². The molecule has 0 aromatic rings. The zero-order chi connectivity index (χ0) is 14.5. The smallest absolute Gasteiger partial charge is 0.320 e. The van der Waals surface area contributed by atoms with Crippen LogP contribution in [0, 0.1) is 5.92 Å². The van der Waals surface area contributed by atoms with E-state index in [1.807, 2.05) is 14.7 Å². The van der Waals surface area contributed by atoms with Crippen molar-refractivity contribution in [1.29, 1.82) is 0 Å². The zero-order valence-corrected chi connectivity index (χ0v) is 11.8. The summed E-state index contributed by atoms with van der Waals surface area (Å²) in [6.45, 7) is 4.92. The molecule has 114 valence electrons. The van der Waals surface area contributed by atoms with E-state index < -0.39 is 5.97 Å². The Balaban J connectivity index is 1.84. The lowest BCUT2D eigenvalue weighted by molar-refractivity contribution is -0.138. The lowest BCUT2D eigenvalue weighted by atomic mass is 10.1. The van der Waals surface area contributed by atoms with Crippen molar-refractivity contribution in [3.63, 3.8) is 0 Å². The Morgan fingerprint density at radius 2 is 1.90 bits per heavy atom. The lowest BCUT2D eigenvalue weighted by Gasteiger charge is -2.27. The number of aliphatic carboxylic acids is 1. The summed E-state index contributed by atoms with van der Waals surface area (Å²) in [6.07, 6.45) is 1.81. The van der Waals surface area contributed by atoms with Gasteiger partial charge in [-0.25, -0.2) is 4.79 Å². The number of amides is 2. The summed E-state index contributed by atoms with van der Waals surface area (Å²) in [5.41, 5.74) is 5.65. The molecule has 0 bridgehead atoms. The third-order valence-corrected chi connectivity index (χ3v) is 4.11. The molecule has 2 heterocycles. The predicted octanol–water partition coefficient (Wildman–Crippen LogP) is -0.521. The lowest BCUT2D eigenvalue weighted by Crippen LogP contribution is -2.44. The van der Waals surface area contributed by atoms with E-state index in [2.05, 4.69) is 0 Å². The van der Waals surface area contributed by atoms with Gasteiger partial charge in [0.2, 0.25) is 0 Å². The van der Waals surface area contributed by atoms with Crippen LogP contribution in [0.2, 0.25) is 0 Å². The van der Waals surface area contributed by atoms with Crippen LogP contribution < -0.4 is 5.73 Å². The molecule has 2 aliphatic rings. The molecule has 0 aromatic carbocycles. The van der Waals surface area contributed by atoms with Gasteiger partial charge in [0, 0.05) is 39.3 Å². The molecule has 0 aliphatic carbocycles. The molecule has 0 radical (unpaired) electrons. The molecule has 2 rings (SSSR count). The maximum atomic E-state index is 12.4. The highest BCUT2D eigenvalue weighted by Crippen LogP contribution is 2.17. The molecule has 2 amide bonds. The van der Waals surface area contributed by atoms with Gasteiger partial charge in [0.05, 0.1) is 6.54 Å². The minimum atomic E-state index is -0.810. The number of carboxylic acids is 1. The molecule has 20 heavy (non-hydrogen) atoms. The number of hydrogen-bond donors (Lipinski definition) is 2. The van der Waals surface area contributed by atoms with Crippen molar-refractivity contribution in [2.45, 2.75) is 12.8 Å². The molecule has 0 aromatic heterocycles. The van der Waals surface area contributed by atoms with E-state index in [1.54, 1.807) is 0 Å². The summed E-state index contributed by atoms with van der Waals surface area (Å²) in [5, 5.41) is 8.82. The van der Waals surface area contributed by atoms with E-state index in [0.717, 1.165) is 32.5 Å². The number of nitrogens with zero attached hydrogens (tertiary/aromatic N) is 3. The number of carbonyl (C=O) groups is 2. The van der Waals surface area contributed by atoms with Crippen molar-refractivity contribution in [3.05, 3.63) is 0 Å². The fourth-order valence-corrected chi connectivity index (χ4v) is 2.91. The van der Waals surface area contributed by atoms with Crippen LogP contribution in [0.15, 0.2) is 0 Å². The van der Waals surface area contributed by atoms with Crippen LogP contribution in [0.5, 0.6) is 0 Å². The molecule has 0 saturated carbocycles. The fourth-order valence-electron chi connectivity index (χ4n) is 2.91. The van der Waals surface area contributed by atoms with Crippen LogP contribution in [0.25, 0.3) is 0 Å². The number of hydrogen-bond acceptors (Lipinski definition) is 4. The summed E-state index contributed by atoms with van der Waals surface area (Å²) in [4.78, 5) is 28.8. The summed E-state index contributed by atoms with van der Waals surface area (Å²) in [6, 6.07) is 0.0816. The number of rotatable bonds is 3. The van der Waals surface area contributed by atoms with E-state index >= 15 is 0 Å². The van der Waals surface area contributed by atoms with Gasteiger partial charge >= 0.3 is 12.0 Å². The fraction of sp³-hybridized carbons (Fsp3) is 0.846. The molecule has 3 N–H and O–H groups in total. The van der Waals surface area contributed by atoms with Gasteiger partial charge in [-0.05, 0) is 25.3 Å². The van der Waals surface area contributed by atoms with Gasteiger partial charge in [-0.1, -0.05) is 0 Å². The minimum absolute atomic E-state index is 0.0565. The summed E-state index contributed by atoms with van der Waals surface area (Å²) < 4.78 is 0. The first kappa shape index (κ1) is 15.1. The minimum Gasteiger partial charge on any atom is -0.480 e. The Morgan fingerprint density at radius 3 is 2.55 bits per heavy atom. The molecule has 2 saturated heterocycles. The Kier molecular flexibility index (Phi) is 5.19. The second-order valence-corrected chi connectivity index (χ2v) is 5.63. The second kappa shape index (κ2) is 6.90. The van der Waals surface area contributed by atoms with Crippen LogP contribution >= 0.6 is 0 Å². The highest BCUT2D eigenvalue weighted by molar-refractivity contribution is 5.75. The van der Waals surface area contributed by atoms with E-state index in [-0.39, 0.29) is 12.6 Å². The average molecular weight is 284 g/mol. The Hall–Kier alpha value is -1.34. The van der Waals surface area contributed by atoms with Crippen LogP contribution in [-0.2, 0) is 4.79 Å². The van der Waals surface area contributed by atoms with Crippen LogP contribution in [0.1, 0.15) is 12.8 Å². The largest absolute Gasteiger partial charge is 0.480 e. The molecule has 1 atom stereocenters. The standard InChI is InChI=1S/C13H24N4O3/c14-8-11-2-5-17(9-11)13(20)16-4-1-3-15(6-7-16)10-12(18)19/h11H,1-10,14H2,(H,18,19). The maximum absolute atomic E-state index is 12.4. The first-order chi connectivity index (χ1) is 9.60. The van der Waals surface area contributed by atoms with Crippen LogP contribution in [0.4, 0.5) is 4.79 Å². The Bertz CT molecular complexity index is 364. The van der Waals surface area contributed by atoms with Gasteiger partial charge in [0.15, 0.2) is 0 Å². The van der Waals surface area contributed by atoms with Gasteiger partial charge < -0.3 is 20.6 Å². The molecule has 2 fully saturated rings. The molecular weight excluding hydrogens is 260 g/mol. The molecule has 7 heteroatoms. The third-order valence-electron chi connectivity index (χ3n) is 4.11. The van der Waals surface area contributed by atoms with Gasteiger partial charge in [-0.3, -0.25) is 9.69 Å². The monoisotopic (exact) mass is 284 g/mol. The normalized spacial score (nSPS) is 24.8.